The highest BCUT2D eigenvalue weighted by Gasteiger charge is 2.20. The number of benzene rings is 2. The second kappa shape index (κ2) is 10.3. The predicted molar refractivity (Wildman–Crippen MR) is 129 cm³/mol. The molecule has 2 aromatic carbocycles. The number of fused-ring (bicyclic) bond motifs is 1. The van der Waals surface area contributed by atoms with Gasteiger partial charge in [-0.25, -0.2) is 9.78 Å². The lowest BCUT2D eigenvalue weighted by Gasteiger charge is -2.16. The quantitative estimate of drug-likeness (QED) is 0.404. The molecule has 0 unspecified atom stereocenters. The van der Waals surface area contributed by atoms with Crippen LogP contribution in [0, 0.1) is 0 Å². The molecule has 1 aliphatic rings. The second-order valence-electron chi connectivity index (χ2n) is 7.66. The average Bonchev–Trinajstić information content (AvgIpc) is 3.30. The number of imide groups is 1. The summed E-state index contributed by atoms with van der Waals surface area (Å²) in [4.78, 5) is 42.5. The highest BCUT2D eigenvalue weighted by atomic mass is 35.5. The monoisotopic (exact) mass is 486 g/mol. The maximum Gasteiger partial charge on any atom is 0.321 e. The summed E-state index contributed by atoms with van der Waals surface area (Å²) in [5.41, 5.74) is 0.597. The third-order valence-corrected chi connectivity index (χ3v) is 6.58. The van der Waals surface area contributed by atoms with E-state index in [1.54, 1.807) is 42.5 Å². The summed E-state index contributed by atoms with van der Waals surface area (Å²) in [6, 6.07) is 11.5. The summed E-state index contributed by atoms with van der Waals surface area (Å²) < 4.78 is 6.84. The van der Waals surface area contributed by atoms with Gasteiger partial charge in [-0.1, -0.05) is 48.3 Å². The van der Waals surface area contributed by atoms with E-state index in [4.69, 9.17) is 16.3 Å². The zero-order valence-corrected chi connectivity index (χ0v) is 19.5. The van der Waals surface area contributed by atoms with E-state index in [9.17, 15) is 14.4 Å². The van der Waals surface area contributed by atoms with Gasteiger partial charge in [0.15, 0.2) is 5.16 Å². The Morgan fingerprint density at radius 3 is 2.73 bits per heavy atom. The Kier molecular flexibility index (Phi) is 7.20. The van der Waals surface area contributed by atoms with Crippen LogP contribution in [-0.4, -0.2) is 40.4 Å². The third-order valence-electron chi connectivity index (χ3n) is 5.40. The number of carbonyl (C=O) groups excluding carboxylic acids is 2. The number of hydrogen-bond donors (Lipinski definition) is 2. The molecule has 3 aromatic rings. The maximum atomic E-state index is 13.4. The van der Waals surface area contributed by atoms with Crippen LogP contribution in [0.15, 0.2) is 52.4 Å². The molecule has 8 nitrogen and oxygen atoms in total. The van der Waals surface area contributed by atoms with E-state index < -0.39 is 11.9 Å². The summed E-state index contributed by atoms with van der Waals surface area (Å²) in [7, 11) is 1.52. The van der Waals surface area contributed by atoms with Gasteiger partial charge in [0.2, 0.25) is 5.91 Å². The molecule has 1 aromatic heterocycles. The number of aromatic nitrogens is 2. The summed E-state index contributed by atoms with van der Waals surface area (Å²) in [6.07, 6.45) is 4.00. The van der Waals surface area contributed by atoms with Crippen molar-refractivity contribution < 1.29 is 14.3 Å². The predicted octanol–water partition coefficient (Wildman–Crippen LogP) is 3.91. The van der Waals surface area contributed by atoms with Crippen molar-refractivity contribution in [1.82, 2.24) is 20.2 Å². The Morgan fingerprint density at radius 2 is 1.97 bits per heavy atom. The molecule has 0 aliphatic heterocycles. The minimum atomic E-state index is -0.507. The topological polar surface area (TPSA) is 102 Å². The first kappa shape index (κ1) is 23.1. The fraction of sp³-hybridized carbons (Fsp3) is 0.304. The molecular weight excluding hydrogens is 464 g/mol. The van der Waals surface area contributed by atoms with Gasteiger partial charge in [-0.15, -0.1) is 0 Å². The van der Waals surface area contributed by atoms with Gasteiger partial charge in [0, 0.05) is 11.1 Å². The lowest BCUT2D eigenvalue weighted by atomic mass is 10.2. The third kappa shape index (κ3) is 5.31. The normalized spacial score (nSPS) is 13.8. The zero-order chi connectivity index (χ0) is 23.4. The van der Waals surface area contributed by atoms with E-state index in [1.165, 1.54) is 11.7 Å². The first-order valence-corrected chi connectivity index (χ1v) is 11.9. The molecule has 1 saturated carbocycles. The first-order valence-electron chi connectivity index (χ1n) is 10.5. The molecule has 0 bridgehead atoms. The van der Waals surface area contributed by atoms with E-state index in [2.05, 4.69) is 15.6 Å². The van der Waals surface area contributed by atoms with Crippen LogP contribution in [-0.2, 0) is 4.79 Å². The minimum Gasteiger partial charge on any atom is -0.495 e. The molecule has 1 fully saturated rings. The highest BCUT2D eigenvalue weighted by Crippen LogP contribution is 2.27. The Labute approximate surface area is 199 Å². The van der Waals surface area contributed by atoms with Crippen molar-refractivity contribution in [2.45, 2.75) is 36.9 Å². The van der Waals surface area contributed by atoms with Gasteiger partial charge < -0.3 is 10.1 Å². The Balaban J connectivity index is 1.62. The van der Waals surface area contributed by atoms with Crippen LogP contribution < -0.4 is 20.9 Å². The number of nitrogens with one attached hydrogen (secondary N) is 2. The van der Waals surface area contributed by atoms with Crippen LogP contribution in [0.25, 0.3) is 16.6 Å². The maximum absolute atomic E-state index is 13.4. The summed E-state index contributed by atoms with van der Waals surface area (Å²) in [5.74, 6) is -0.106. The molecule has 3 amide bonds. The fourth-order valence-corrected chi connectivity index (χ4v) is 4.82. The molecule has 4 rings (SSSR count). The zero-order valence-electron chi connectivity index (χ0n) is 18.0. The number of hydrogen-bond acceptors (Lipinski definition) is 6. The van der Waals surface area contributed by atoms with Gasteiger partial charge in [0.25, 0.3) is 5.56 Å². The van der Waals surface area contributed by atoms with Crippen molar-refractivity contribution in [2.24, 2.45) is 0 Å². The molecule has 0 radical (unpaired) electrons. The van der Waals surface area contributed by atoms with Crippen LogP contribution in [0.3, 0.4) is 0 Å². The van der Waals surface area contributed by atoms with Crippen LogP contribution in [0.4, 0.5) is 4.79 Å². The van der Waals surface area contributed by atoms with Gasteiger partial charge in [-0.3, -0.25) is 19.5 Å². The average molecular weight is 487 g/mol. The second-order valence-corrected chi connectivity index (χ2v) is 9.04. The minimum absolute atomic E-state index is 0.105. The van der Waals surface area contributed by atoms with Gasteiger partial charge >= 0.3 is 6.03 Å². The van der Waals surface area contributed by atoms with E-state index in [1.807, 2.05) is 0 Å². The number of urea groups is 1. The van der Waals surface area contributed by atoms with Crippen LogP contribution in [0.1, 0.15) is 25.7 Å². The van der Waals surface area contributed by atoms with E-state index >= 15 is 0 Å². The standard InChI is InChI=1S/C23H23ClN4O4S/c1-32-19-9-5-4-8-18(19)28-21(30)16-11-10-14(24)12-17(16)26-23(28)33-13-20(29)27-22(31)25-15-6-2-3-7-15/h4-5,8-12,15H,2-3,6-7,13H2,1H3,(H2,25,27,29,31). The molecule has 172 valence electrons. The van der Waals surface area contributed by atoms with Crippen molar-refractivity contribution in [1.29, 1.82) is 0 Å². The number of carbonyl (C=O) groups is 2. The Bertz CT molecular complexity index is 1260. The molecule has 2 N–H and O–H groups in total. The first-order chi connectivity index (χ1) is 16.0. The number of nitrogens with zero attached hydrogens (tertiary/aromatic N) is 2. The van der Waals surface area contributed by atoms with Gasteiger partial charge in [0.05, 0.1) is 29.5 Å². The van der Waals surface area contributed by atoms with Crippen molar-refractivity contribution >= 4 is 46.2 Å². The summed E-state index contributed by atoms with van der Waals surface area (Å²) >= 11 is 7.15. The van der Waals surface area contributed by atoms with E-state index in [0.29, 0.717) is 27.4 Å². The van der Waals surface area contributed by atoms with Gasteiger partial charge in [-0.2, -0.15) is 0 Å². The van der Waals surface area contributed by atoms with Crippen LogP contribution in [0.2, 0.25) is 5.02 Å². The molecule has 0 atom stereocenters. The number of thioether (sulfide) groups is 1. The number of halogens is 1. The molecule has 0 saturated heterocycles. The molecule has 0 spiro atoms. The number of amides is 3. The number of rotatable bonds is 6. The van der Waals surface area contributed by atoms with Crippen LogP contribution >= 0.6 is 23.4 Å². The molecular formula is C23H23ClN4O4S. The SMILES string of the molecule is COc1ccccc1-n1c(SCC(=O)NC(=O)NC2CCCC2)nc2cc(Cl)ccc2c1=O. The Hall–Kier alpha value is -3.04. The van der Waals surface area contributed by atoms with Crippen molar-refractivity contribution in [2.75, 3.05) is 12.9 Å². The summed E-state index contributed by atoms with van der Waals surface area (Å²) in [5, 5.41) is 6.28. The smallest absolute Gasteiger partial charge is 0.321 e. The van der Waals surface area contributed by atoms with Gasteiger partial charge in [0.1, 0.15) is 5.75 Å². The van der Waals surface area contributed by atoms with Crippen molar-refractivity contribution in [3.8, 4) is 11.4 Å². The molecule has 1 heterocycles. The van der Waals surface area contributed by atoms with Gasteiger partial charge in [-0.05, 0) is 43.2 Å². The van der Waals surface area contributed by atoms with Crippen molar-refractivity contribution in [3.63, 3.8) is 0 Å². The molecule has 1 aliphatic carbocycles. The molecule has 10 heteroatoms. The fourth-order valence-electron chi connectivity index (χ4n) is 3.85. The largest absolute Gasteiger partial charge is 0.495 e. The van der Waals surface area contributed by atoms with Crippen molar-refractivity contribution in [3.05, 3.63) is 57.8 Å². The highest BCUT2D eigenvalue weighted by molar-refractivity contribution is 7.99. The number of ether oxygens (including phenoxy) is 1. The van der Waals surface area contributed by atoms with E-state index in [0.717, 1.165) is 37.4 Å². The number of para-hydroxylation sites is 2. The summed E-state index contributed by atoms with van der Waals surface area (Å²) in [6.45, 7) is 0. The van der Waals surface area contributed by atoms with Crippen LogP contribution in [0.5, 0.6) is 5.75 Å². The lowest BCUT2D eigenvalue weighted by Crippen LogP contribution is -2.44. The lowest BCUT2D eigenvalue weighted by molar-refractivity contribution is -0.117. The Morgan fingerprint density at radius 1 is 1.21 bits per heavy atom. The van der Waals surface area contributed by atoms with E-state index in [-0.39, 0.29) is 22.5 Å². The molecule has 33 heavy (non-hydrogen) atoms. The number of methoxy groups -OCH3 is 1.